The van der Waals surface area contributed by atoms with Gasteiger partial charge in [0.2, 0.25) is 11.8 Å². The van der Waals surface area contributed by atoms with Crippen LogP contribution in [-0.4, -0.2) is 34.6 Å². The summed E-state index contributed by atoms with van der Waals surface area (Å²) < 4.78 is 1.03. The van der Waals surface area contributed by atoms with Gasteiger partial charge in [-0.1, -0.05) is 95.1 Å². The van der Waals surface area contributed by atoms with Crippen molar-refractivity contribution in [3.8, 4) is 0 Å². The Labute approximate surface area is 228 Å². The van der Waals surface area contributed by atoms with Gasteiger partial charge in [0.05, 0.1) is 5.75 Å². The van der Waals surface area contributed by atoms with Gasteiger partial charge >= 0.3 is 0 Å². The predicted octanol–water partition coefficient (Wildman–Crippen LogP) is 6.55. The van der Waals surface area contributed by atoms with E-state index in [1.807, 2.05) is 81.4 Å². The lowest BCUT2D eigenvalue weighted by atomic mass is 10.0. The van der Waals surface area contributed by atoms with Crippen LogP contribution in [0.4, 0.5) is 0 Å². The number of aryl methyl sites for hydroxylation is 1. The first-order valence-electron chi connectivity index (χ1n) is 12.4. The van der Waals surface area contributed by atoms with Crippen molar-refractivity contribution in [3.63, 3.8) is 0 Å². The Kier molecular flexibility index (Phi) is 11.1. The van der Waals surface area contributed by atoms with E-state index in [4.69, 9.17) is 0 Å². The van der Waals surface area contributed by atoms with Crippen LogP contribution < -0.4 is 5.32 Å². The molecular formula is C30H35BrN2O2S. The van der Waals surface area contributed by atoms with Crippen LogP contribution in [0, 0.1) is 6.92 Å². The van der Waals surface area contributed by atoms with Gasteiger partial charge in [-0.05, 0) is 49.1 Å². The normalized spacial score (nSPS) is 12.6. The van der Waals surface area contributed by atoms with Gasteiger partial charge in [-0.15, -0.1) is 11.8 Å². The fraction of sp³-hybridized carbons (Fsp3) is 0.333. The molecule has 36 heavy (non-hydrogen) atoms. The van der Waals surface area contributed by atoms with Gasteiger partial charge in [-0.3, -0.25) is 9.59 Å². The summed E-state index contributed by atoms with van der Waals surface area (Å²) in [5.74, 6) is 0.912. The highest BCUT2D eigenvalue weighted by molar-refractivity contribution is 9.10. The fourth-order valence-corrected chi connectivity index (χ4v) is 5.06. The summed E-state index contributed by atoms with van der Waals surface area (Å²) in [4.78, 5) is 29.0. The van der Waals surface area contributed by atoms with Gasteiger partial charge in [0.1, 0.15) is 6.04 Å². The first-order valence-corrected chi connectivity index (χ1v) is 14.3. The Morgan fingerprint density at radius 1 is 0.944 bits per heavy atom. The number of nitrogens with one attached hydrogen (secondary N) is 1. The Morgan fingerprint density at radius 3 is 2.31 bits per heavy atom. The number of hydrogen-bond donors (Lipinski definition) is 1. The predicted molar refractivity (Wildman–Crippen MR) is 154 cm³/mol. The average molecular weight is 568 g/mol. The van der Waals surface area contributed by atoms with Crippen molar-refractivity contribution >= 4 is 39.5 Å². The second-order valence-corrected chi connectivity index (χ2v) is 11.1. The Bertz CT molecular complexity index is 1120. The molecule has 190 valence electrons. The lowest BCUT2D eigenvalue weighted by Crippen LogP contribution is -2.52. The van der Waals surface area contributed by atoms with Crippen molar-refractivity contribution in [1.82, 2.24) is 10.2 Å². The molecule has 0 radical (unpaired) electrons. The number of amides is 2. The molecule has 6 heteroatoms. The highest BCUT2D eigenvalue weighted by atomic mass is 79.9. The van der Waals surface area contributed by atoms with Gasteiger partial charge in [0, 0.05) is 29.2 Å². The number of carbonyl (C=O) groups is 2. The van der Waals surface area contributed by atoms with Crippen LogP contribution in [0.15, 0.2) is 83.3 Å². The zero-order chi connectivity index (χ0) is 25.9. The van der Waals surface area contributed by atoms with Crippen molar-refractivity contribution in [2.75, 3.05) is 5.75 Å². The molecular weight excluding hydrogens is 532 g/mol. The van der Waals surface area contributed by atoms with E-state index in [1.54, 1.807) is 16.7 Å². The molecule has 0 spiro atoms. The third kappa shape index (κ3) is 8.82. The van der Waals surface area contributed by atoms with E-state index >= 15 is 0 Å². The molecule has 2 unspecified atom stereocenters. The number of thioether (sulfide) groups is 1. The molecule has 0 fully saturated rings. The zero-order valence-corrected chi connectivity index (χ0v) is 23.6. The summed E-state index contributed by atoms with van der Waals surface area (Å²) in [6.07, 6.45) is 1.30. The quantitative estimate of drug-likeness (QED) is 0.270. The molecule has 2 amide bonds. The summed E-state index contributed by atoms with van der Waals surface area (Å²) in [5.41, 5.74) is 4.35. The Balaban J connectivity index is 1.85. The first kappa shape index (κ1) is 28.0. The number of nitrogens with zero attached hydrogens (tertiary/aromatic N) is 1. The average Bonchev–Trinajstić information content (AvgIpc) is 2.87. The van der Waals surface area contributed by atoms with Crippen LogP contribution in [-0.2, 0) is 28.3 Å². The van der Waals surface area contributed by atoms with Gasteiger partial charge < -0.3 is 10.2 Å². The minimum atomic E-state index is -0.595. The standard InChI is InChI=1S/C30H35BrN2O2S/c1-4-23(3)32-30(35)28(18-24-10-6-5-7-11-24)33(19-26-12-8-9-22(2)17-26)29(34)21-36-20-25-13-15-27(31)16-14-25/h5-17,23,28H,4,18-21H2,1-3H3,(H,32,35). The number of carbonyl (C=O) groups excluding carboxylic acids is 2. The molecule has 0 saturated carbocycles. The molecule has 0 heterocycles. The summed E-state index contributed by atoms with van der Waals surface area (Å²) in [6, 6.07) is 25.7. The topological polar surface area (TPSA) is 49.4 Å². The Morgan fingerprint density at radius 2 is 1.64 bits per heavy atom. The lowest BCUT2D eigenvalue weighted by molar-refractivity contribution is -0.139. The molecule has 0 saturated heterocycles. The van der Waals surface area contributed by atoms with E-state index in [-0.39, 0.29) is 17.9 Å². The molecule has 1 N–H and O–H groups in total. The summed E-state index contributed by atoms with van der Waals surface area (Å²) in [6.45, 7) is 6.48. The molecule has 0 aliphatic heterocycles. The van der Waals surface area contributed by atoms with Gasteiger partial charge in [-0.2, -0.15) is 0 Å². The van der Waals surface area contributed by atoms with E-state index in [9.17, 15) is 9.59 Å². The van der Waals surface area contributed by atoms with Crippen LogP contribution in [0.2, 0.25) is 0 Å². The molecule has 0 aliphatic rings. The highest BCUT2D eigenvalue weighted by Crippen LogP contribution is 2.20. The highest BCUT2D eigenvalue weighted by Gasteiger charge is 2.30. The molecule has 4 nitrogen and oxygen atoms in total. The van der Waals surface area contributed by atoms with Crippen molar-refractivity contribution < 1.29 is 9.59 Å². The van der Waals surface area contributed by atoms with E-state index in [0.29, 0.717) is 18.7 Å². The minimum Gasteiger partial charge on any atom is -0.352 e. The third-order valence-electron chi connectivity index (χ3n) is 6.12. The maximum Gasteiger partial charge on any atom is 0.243 e. The number of rotatable bonds is 12. The SMILES string of the molecule is CCC(C)NC(=O)C(Cc1ccccc1)N(Cc1cccc(C)c1)C(=O)CSCc1ccc(Br)cc1. The number of benzene rings is 3. The molecule has 3 aromatic carbocycles. The molecule has 0 aromatic heterocycles. The fourth-order valence-electron chi connectivity index (χ4n) is 3.92. The second kappa shape index (κ2) is 14.2. The number of halogens is 1. The summed E-state index contributed by atoms with van der Waals surface area (Å²) >= 11 is 5.04. The van der Waals surface area contributed by atoms with Crippen LogP contribution in [0.1, 0.15) is 42.5 Å². The molecule has 2 atom stereocenters. The van der Waals surface area contributed by atoms with Crippen LogP contribution in [0.3, 0.4) is 0 Å². The van der Waals surface area contributed by atoms with Crippen LogP contribution >= 0.6 is 27.7 Å². The maximum atomic E-state index is 13.7. The summed E-state index contributed by atoms with van der Waals surface area (Å²) in [5, 5.41) is 3.13. The maximum absolute atomic E-state index is 13.7. The monoisotopic (exact) mass is 566 g/mol. The van der Waals surface area contributed by atoms with Crippen molar-refractivity contribution in [2.24, 2.45) is 0 Å². The Hall–Kier alpha value is -2.57. The van der Waals surface area contributed by atoms with E-state index in [2.05, 4.69) is 39.4 Å². The second-order valence-electron chi connectivity index (χ2n) is 9.15. The first-order chi connectivity index (χ1) is 17.4. The van der Waals surface area contributed by atoms with Gasteiger partial charge in [0.25, 0.3) is 0 Å². The van der Waals surface area contributed by atoms with E-state index in [1.165, 1.54) is 0 Å². The van der Waals surface area contributed by atoms with Crippen molar-refractivity contribution in [3.05, 3.63) is 106 Å². The molecule has 3 rings (SSSR count). The molecule has 0 bridgehead atoms. The summed E-state index contributed by atoms with van der Waals surface area (Å²) in [7, 11) is 0. The third-order valence-corrected chi connectivity index (χ3v) is 7.63. The molecule has 0 aliphatic carbocycles. The largest absolute Gasteiger partial charge is 0.352 e. The van der Waals surface area contributed by atoms with Gasteiger partial charge in [0.15, 0.2) is 0 Å². The number of hydrogen-bond acceptors (Lipinski definition) is 3. The zero-order valence-electron chi connectivity index (χ0n) is 21.2. The van der Waals surface area contributed by atoms with Gasteiger partial charge in [-0.25, -0.2) is 0 Å². The van der Waals surface area contributed by atoms with Crippen molar-refractivity contribution in [2.45, 2.75) is 58.0 Å². The van der Waals surface area contributed by atoms with E-state index in [0.717, 1.165) is 38.9 Å². The smallest absolute Gasteiger partial charge is 0.243 e. The van der Waals surface area contributed by atoms with E-state index < -0.39 is 6.04 Å². The minimum absolute atomic E-state index is 0.0288. The van der Waals surface area contributed by atoms with Crippen LogP contribution in [0.25, 0.3) is 0 Å². The molecule has 3 aromatic rings. The lowest BCUT2D eigenvalue weighted by Gasteiger charge is -2.32. The van der Waals surface area contributed by atoms with Crippen molar-refractivity contribution in [1.29, 1.82) is 0 Å². The van der Waals surface area contributed by atoms with Crippen LogP contribution in [0.5, 0.6) is 0 Å².